The molecule has 9 heteroatoms. The van der Waals surface area contributed by atoms with Gasteiger partial charge >= 0.3 is 0 Å². The molecule has 2 N–H and O–H groups in total. The van der Waals surface area contributed by atoms with E-state index < -0.39 is 17.5 Å². The van der Waals surface area contributed by atoms with Crippen LogP contribution in [0, 0.1) is 17.6 Å². The number of anilines is 2. The molecule has 0 amide bonds. The fraction of sp³-hybridized carbons (Fsp3) is 0.321. The van der Waals surface area contributed by atoms with Crippen LogP contribution in [-0.4, -0.2) is 38.7 Å². The van der Waals surface area contributed by atoms with Crippen molar-refractivity contribution in [3.63, 3.8) is 0 Å². The molecule has 1 unspecified atom stereocenters. The Morgan fingerprint density at radius 3 is 2.49 bits per heavy atom. The van der Waals surface area contributed by atoms with Crippen molar-refractivity contribution < 1.29 is 13.9 Å². The van der Waals surface area contributed by atoms with Gasteiger partial charge in [0.15, 0.2) is 0 Å². The van der Waals surface area contributed by atoms with Gasteiger partial charge in [-0.3, -0.25) is 4.98 Å². The van der Waals surface area contributed by atoms with Crippen LogP contribution in [0.4, 0.5) is 20.4 Å². The minimum absolute atomic E-state index is 0.128. The Bertz CT molecular complexity index is 1440. The fourth-order valence-corrected chi connectivity index (χ4v) is 5.02. The Kier molecular flexibility index (Phi) is 6.72. The number of aromatic nitrogens is 3. The van der Waals surface area contributed by atoms with Gasteiger partial charge in [-0.15, -0.1) is 0 Å². The van der Waals surface area contributed by atoms with Gasteiger partial charge in [0.05, 0.1) is 27.9 Å². The number of fused-ring (bicyclic) bond motifs is 1. The summed E-state index contributed by atoms with van der Waals surface area (Å²) in [5.41, 5.74) is 1.49. The number of halogens is 3. The zero-order chi connectivity index (χ0) is 26.3. The van der Waals surface area contributed by atoms with Crippen molar-refractivity contribution >= 4 is 34.1 Å². The topological polar surface area (TPSA) is 74.2 Å². The summed E-state index contributed by atoms with van der Waals surface area (Å²) in [5, 5.41) is 14.5. The van der Waals surface area contributed by atoms with Gasteiger partial charge in [0.1, 0.15) is 11.6 Å². The summed E-state index contributed by atoms with van der Waals surface area (Å²) in [4.78, 5) is 15.3. The van der Waals surface area contributed by atoms with Crippen LogP contribution >= 0.6 is 11.6 Å². The minimum Gasteiger partial charge on any atom is -0.390 e. The Morgan fingerprint density at radius 2 is 1.81 bits per heavy atom. The summed E-state index contributed by atoms with van der Waals surface area (Å²) in [7, 11) is 0. The summed E-state index contributed by atoms with van der Waals surface area (Å²) < 4.78 is 29.5. The normalized spacial score (nSPS) is 16.8. The predicted molar refractivity (Wildman–Crippen MR) is 143 cm³/mol. The summed E-state index contributed by atoms with van der Waals surface area (Å²) >= 11 is 6.49. The molecule has 3 heterocycles. The number of aliphatic hydroxyl groups is 1. The largest absolute Gasteiger partial charge is 0.390 e. The molecule has 4 aromatic rings. The van der Waals surface area contributed by atoms with Gasteiger partial charge in [-0.05, 0) is 39.3 Å². The van der Waals surface area contributed by atoms with E-state index in [1.807, 2.05) is 25.7 Å². The third kappa shape index (κ3) is 5.08. The van der Waals surface area contributed by atoms with E-state index in [4.69, 9.17) is 11.6 Å². The number of nitrogens with zero attached hydrogens (tertiary/aromatic N) is 4. The van der Waals surface area contributed by atoms with Crippen LogP contribution in [0.25, 0.3) is 22.0 Å². The summed E-state index contributed by atoms with van der Waals surface area (Å²) in [6, 6.07) is 9.14. The highest BCUT2D eigenvalue weighted by Crippen LogP contribution is 2.37. The lowest BCUT2D eigenvalue weighted by molar-refractivity contribution is 0.0263. The number of pyridine rings is 1. The molecule has 6 nitrogen and oxygen atoms in total. The van der Waals surface area contributed by atoms with Crippen LogP contribution in [0.2, 0.25) is 5.02 Å². The maximum atomic E-state index is 15.2. The molecule has 0 radical (unpaired) electrons. The molecule has 0 saturated carbocycles. The van der Waals surface area contributed by atoms with Crippen LogP contribution < -0.4 is 10.2 Å². The van der Waals surface area contributed by atoms with E-state index in [1.54, 1.807) is 36.7 Å². The Balaban J connectivity index is 1.46. The molecule has 0 spiro atoms. The van der Waals surface area contributed by atoms with Gasteiger partial charge in [-0.1, -0.05) is 29.8 Å². The van der Waals surface area contributed by atoms with E-state index in [0.717, 1.165) is 13.0 Å². The molecule has 1 aliphatic heterocycles. The van der Waals surface area contributed by atoms with Crippen LogP contribution in [-0.2, 0) is 0 Å². The second-order valence-corrected chi connectivity index (χ2v) is 10.5. The molecule has 1 fully saturated rings. The number of benzene rings is 2. The average Bonchev–Trinajstić information content (AvgIpc) is 3.37. The highest BCUT2D eigenvalue weighted by Gasteiger charge is 2.34. The fourth-order valence-electron chi connectivity index (χ4n) is 4.82. The van der Waals surface area contributed by atoms with Gasteiger partial charge < -0.3 is 15.3 Å². The van der Waals surface area contributed by atoms with Gasteiger partial charge in [0.2, 0.25) is 5.95 Å². The quantitative estimate of drug-likeness (QED) is 0.305. The van der Waals surface area contributed by atoms with Crippen molar-refractivity contribution in [1.82, 2.24) is 15.0 Å². The predicted octanol–water partition coefficient (Wildman–Crippen LogP) is 6.39. The second-order valence-electron chi connectivity index (χ2n) is 10.1. The third-order valence-corrected chi connectivity index (χ3v) is 7.35. The van der Waals surface area contributed by atoms with E-state index >= 15 is 4.39 Å². The molecule has 192 valence electrons. The molecule has 0 bridgehead atoms. The lowest BCUT2D eigenvalue weighted by Crippen LogP contribution is -2.33. The van der Waals surface area contributed by atoms with E-state index in [9.17, 15) is 9.50 Å². The highest BCUT2D eigenvalue weighted by atomic mass is 35.5. The van der Waals surface area contributed by atoms with Crippen LogP contribution in [0.5, 0.6) is 0 Å². The third-order valence-electron chi connectivity index (χ3n) is 7.06. The minimum atomic E-state index is -0.770. The van der Waals surface area contributed by atoms with Crippen LogP contribution in [0.1, 0.15) is 38.8 Å². The maximum absolute atomic E-state index is 15.2. The zero-order valence-corrected chi connectivity index (χ0v) is 21.6. The first-order valence-electron chi connectivity index (χ1n) is 12.2. The molecule has 1 aliphatic rings. The van der Waals surface area contributed by atoms with E-state index in [1.165, 1.54) is 18.3 Å². The van der Waals surface area contributed by atoms with Gasteiger partial charge in [-0.25, -0.2) is 18.7 Å². The van der Waals surface area contributed by atoms with Crippen molar-refractivity contribution in [2.24, 2.45) is 5.92 Å². The lowest BCUT2D eigenvalue weighted by atomic mass is 9.91. The monoisotopic (exact) mass is 523 g/mol. The molecule has 5 rings (SSSR count). The highest BCUT2D eigenvalue weighted by molar-refractivity contribution is 6.34. The molecule has 2 aromatic heterocycles. The van der Waals surface area contributed by atoms with Gasteiger partial charge in [0, 0.05) is 65.7 Å². The second kappa shape index (κ2) is 9.84. The lowest BCUT2D eigenvalue weighted by Gasteiger charge is -2.25. The Morgan fingerprint density at radius 1 is 1.08 bits per heavy atom. The molecule has 0 aliphatic carbocycles. The Hall–Kier alpha value is -3.36. The first-order chi connectivity index (χ1) is 17.6. The van der Waals surface area contributed by atoms with Gasteiger partial charge in [0.25, 0.3) is 0 Å². The number of rotatable bonds is 6. The maximum Gasteiger partial charge on any atom is 0.225 e. The van der Waals surface area contributed by atoms with E-state index in [-0.39, 0.29) is 11.7 Å². The molecule has 2 atom stereocenters. The smallest absolute Gasteiger partial charge is 0.225 e. The summed E-state index contributed by atoms with van der Waals surface area (Å²) in [5.74, 6) is -0.117. The summed E-state index contributed by atoms with van der Waals surface area (Å²) in [6.07, 6.45) is 5.49. The average molecular weight is 524 g/mol. The SMILES string of the molecule is C[C@@H](Nc1c(Cl)cnc2cc(F)c(-c3cnc(N4CCC(C(C)(C)O)C4)nc3)cc12)c1ccccc1F. The molecular formula is C28H28ClF2N5O. The molecular weight excluding hydrogens is 496 g/mol. The van der Waals surface area contributed by atoms with Crippen molar-refractivity contribution in [3.8, 4) is 11.1 Å². The van der Waals surface area contributed by atoms with Crippen molar-refractivity contribution in [2.75, 3.05) is 23.3 Å². The first-order valence-corrected chi connectivity index (χ1v) is 12.6. The summed E-state index contributed by atoms with van der Waals surface area (Å²) in [6.45, 7) is 6.87. The Labute approximate surface area is 219 Å². The van der Waals surface area contributed by atoms with Crippen LogP contribution in [0.3, 0.4) is 0 Å². The number of nitrogens with one attached hydrogen (secondary N) is 1. The van der Waals surface area contributed by atoms with Crippen LogP contribution in [0.15, 0.2) is 55.0 Å². The first kappa shape index (κ1) is 25.3. The van der Waals surface area contributed by atoms with Gasteiger partial charge in [-0.2, -0.15) is 0 Å². The van der Waals surface area contributed by atoms with Crippen molar-refractivity contribution in [3.05, 3.63) is 77.2 Å². The molecule has 37 heavy (non-hydrogen) atoms. The molecule has 2 aromatic carbocycles. The molecule has 1 saturated heterocycles. The van der Waals surface area contributed by atoms with E-state index in [2.05, 4.69) is 20.3 Å². The number of hydrogen-bond donors (Lipinski definition) is 2. The van der Waals surface area contributed by atoms with Crippen molar-refractivity contribution in [1.29, 1.82) is 0 Å². The standard InChI is InChI=1S/C28H28ClF2N5O/c1-16(19-6-4-5-7-23(19)30)35-26-21-10-20(24(31)11-25(21)32-14-22(26)29)17-12-33-27(34-13-17)36-9-8-18(15-36)28(2,3)37/h4-7,10-14,16,18,37H,8-9,15H2,1-3H3,(H,32,35)/t16-,18?/m1/s1. The number of hydrogen-bond acceptors (Lipinski definition) is 6. The van der Waals surface area contributed by atoms with Crippen molar-refractivity contribution in [2.45, 2.75) is 38.8 Å². The van der Waals surface area contributed by atoms with E-state index in [0.29, 0.717) is 50.8 Å². The zero-order valence-electron chi connectivity index (χ0n) is 20.8.